The van der Waals surface area contributed by atoms with Crippen molar-refractivity contribution >= 4 is 5.97 Å². The summed E-state index contributed by atoms with van der Waals surface area (Å²) in [5.74, 6) is -0.715. The van der Waals surface area contributed by atoms with E-state index >= 15 is 0 Å². The molecule has 1 aromatic rings. The molecule has 1 rings (SSSR count). The van der Waals surface area contributed by atoms with Gasteiger partial charge in [-0.15, -0.1) is 0 Å². The number of rotatable bonds is 7. The van der Waals surface area contributed by atoms with E-state index in [0.717, 1.165) is 0 Å². The van der Waals surface area contributed by atoms with Gasteiger partial charge in [-0.25, -0.2) is 4.79 Å². The van der Waals surface area contributed by atoms with Gasteiger partial charge in [0.15, 0.2) is 5.60 Å². The molecule has 0 aliphatic carbocycles. The Morgan fingerprint density at radius 1 is 1.35 bits per heavy atom. The summed E-state index contributed by atoms with van der Waals surface area (Å²) in [6, 6.07) is 5.14. The number of carbonyl (C=O) groups is 1. The molecular weight excluding hydrogens is 260 g/mol. The van der Waals surface area contributed by atoms with Crippen LogP contribution in [0, 0.1) is 0 Å². The Hall–Kier alpha value is -1.75. The van der Waals surface area contributed by atoms with Crippen molar-refractivity contribution in [1.82, 2.24) is 0 Å². The minimum Gasteiger partial charge on any atom is -0.497 e. The van der Waals surface area contributed by atoms with Crippen LogP contribution in [0.1, 0.15) is 38.2 Å². The number of ether oxygens (including phenoxy) is 2. The highest BCUT2D eigenvalue weighted by molar-refractivity contribution is 5.79. The molecule has 0 aliphatic rings. The van der Waals surface area contributed by atoms with Crippen LogP contribution in [0.15, 0.2) is 18.2 Å². The Balaban J connectivity index is 3.29. The molecule has 2 atom stereocenters. The van der Waals surface area contributed by atoms with Gasteiger partial charge < -0.3 is 19.7 Å². The zero-order chi connectivity index (χ0) is 15.3. The summed E-state index contributed by atoms with van der Waals surface area (Å²) in [6.07, 6.45) is 0.739. The zero-order valence-corrected chi connectivity index (χ0v) is 12.3. The third-order valence-corrected chi connectivity index (χ3v) is 3.62. The smallest absolute Gasteiger partial charge is 0.336 e. The highest BCUT2D eigenvalue weighted by Crippen LogP contribution is 2.38. The second-order valence-corrected chi connectivity index (χ2v) is 4.81. The van der Waals surface area contributed by atoms with Gasteiger partial charge in [0.05, 0.1) is 14.2 Å². The molecule has 2 N–H and O–H groups in total. The van der Waals surface area contributed by atoms with E-state index < -0.39 is 17.5 Å². The van der Waals surface area contributed by atoms with Gasteiger partial charge in [-0.2, -0.15) is 0 Å². The van der Waals surface area contributed by atoms with Gasteiger partial charge in [-0.05, 0) is 24.6 Å². The number of aliphatic hydroxyl groups is 1. The highest BCUT2D eigenvalue weighted by Gasteiger charge is 2.42. The minimum atomic E-state index is -1.83. The van der Waals surface area contributed by atoms with E-state index in [1.807, 2.05) is 6.92 Å². The molecule has 0 amide bonds. The van der Waals surface area contributed by atoms with Crippen LogP contribution in [0.5, 0.6) is 11.5 Å². The van der Waals surface area contributed by atoms with E-state index in [9.17, 15) is 15.0 Å². The summed E-state index contributed by atoms with van der Waals surface area (Å²) in [5.41, 5.74) is -1.21. The maximum Gasteiger partial charge on any atom is 0.336 e. The summed E-state index contributed by atoms with van der Waals surface area (Å²) in [5, 5.41) is 19.9. The van der Waals surface area contributed by atoms with Crippen LogP contribution in [0.3, 0.4) is 0 Å². The summed E-state index contributed by atoms with van der Waals surface area (Å²) in [7, 11) is 3.05. The van der Waals surface area contributed by atoms with E-state index in [4.69, 9.17) is 9.47 Å². The number of hydrogen-bond acceptors (Lipinski definition) is 4. The Labute approximate surface area is 119 Å². The quantitative estimate of drug-likeness (QED) is 0.803. The second kappa shape index (κ2) is 6.61. The first-order valence-corrected chi connectivity index (χ1v) is 6.58. The molecule has 20 heavy (non-hydrogen) atoms. The lowest BCUT2D eigenvalue weighted by Crippen LogP contribution is -2.43. The molecule has 0 aromatic heterocycles. The third kappa shape index (κ3) is 3.04. The van der Waals surface area contributed by atoms with Gasteiger partial charge in [0, 0.05) is 11.5 Å². The van der Waals surface area contributed by atoms with Crippen LogP contribution >= 0.6 is 0 Å². The van der Waals surface area contributed by atoms with Crippen molar-refractivity contribution in [3.63, 3.8) is 0 Å². The molecule has 0 heterocycles. The lowest BCUT2D eigenvalue weighted by Gasteiger charge is -2.31. The molecule has 0 fully saturated rings. The summed E-state index contributed by atoms with van der Waals surface area (Å²) in [4.78, 5) is 11.5. The number of benzene rings is 1. The fourth-order valence-corrected chi connectivity index (χ4v) is 2.32. The molecule has 0 bridgehead atoms. The normalized spacial score (nSPS) is 15.2. The predicted molar refractivity (Wildman–Crippen MR) is 75.5 cm³/mol. The topological polar surface area (TPSA) is 76.0 Å². The minimum absolute atomic E-state index is 0.171. The average Bonchev–Trinajstić information content (AvgIpc) is 2.45. The van der Waals surface area contributed by atoms with Gasteiger partial charge in [0.25, 0.3) is 0 Å². The zero-order valence-electron chi connectivity index (χ0n) is 12.3. The molecule has 0 saturated heterocycles. The molecule has 0 radical (unpaired) electrons. The molecule has 0 aliphatic heterocycles. The van der Waals surface area contributed by atoms with Crippen molar-refractivity contribution in [2.45, 2.75) is 38.2 Å². The Morgan fingerprint density at radius 3 is 2.45 bits per heavy atom. The molecule has 0 spiro atoms. The predicted octanol–water partition coefficient (Wildman–Crippen LogP) is 2.42. The van der Waals surface area contributed by atoms with Crippen molar-refractivity contribution in [2.75, 3.05) is 14.2 Å². The molecule has 5 nitrogen and oxygen atoms in total. The maximum atomic E-state index is 11.5. The molecule has 112 valence electrons. The van der Waals surface area contributed by atoms with Crippen molar-refractivity contribution in [3.8, 4) is 11.5 Å². The second-order valence-electron chi connectivity index (χ2n) is 4.81. The number of carboxylic acids is 1. The first kappa shape index (κ1) is 16.3. The monoisotopic (exact) mass is 282 g/mol. The van der Waals surface area contributed by atoms with Crippen LogP contribution < -0.4 is 9.47 Å². The van der Waals surface area contributed by atoms with Crippen LogP contribution in [-0.4, -0.2) is 36.0 Å². The van der Waals surface area contributed by atoms with Crippen LogP contribution in [-0.2, 0) is 4.79 Å². The molecular formula is C15H22O5. The molecule has 2 unspecified atom stereocenters. The SMILES string of the molecule is CCCC(O)(C(=O)O)C(C)c1cc(OC)ccc1OC. The Kier molecular flexibility index (Phi) is 5.39. The van der Waals surface area contributed by atoms with Gasteiger partial charge in [-0.1, -0.05) is 20.3 Å². The van der Waals surface area contributed by atoms with E-state index in [-0.39, 0.29) is 6.42 Å². The fourth-order valence-electron chi connectivity index (χ4n) is 2.32. The first-order chi connectivity index (χ1) is 9.40. The first-order valence-electron chi connectivity index (χ1n) is 6.58. The van der Waals surface area contributed by atoms with Crippen molar-refractivity contribution in [1.29, 1.82) is 0 Å². The van der Waals surface area contributed by atoms with E-state index in [0.29, 0.717) is 23.5 Å². The highest BCUT2D eigenvalue weighted by atomic mass is 16.5. The summed E-state index contributed by atoms with van der Waals surface area (Å²) in [6.45, 7) is 3.52. The van der Waals surface area contributed by atoms with Crippen LogP contribution in [0.25, 0.3) is 0 Å². The van der Waals surface area contributed by atoms with Crippen molar-refractivity contribution in [2.24, 2.45) is 0 Å². The number of aliphatic carboxylic acids is 1. The fraction of sp³-hybridized carbons (Fsp3) is 0.533. The Bertz CT molecular complexity index is 471. The lowest BCUT2D eigenvalue weighted by molar-refractivity contribution is -0.161. The van der Waals surface area contributed by atoms with Crippen molar-refractivity contribution in [3.05, 3.63) is 23.8 Å². The van der Waals surface area contributed by atoms with Crippen molar-refractivity contribution < 1.29 is 24.5 Å². The van der Waals surface area contributed by atoms with Crippen LogP contribution in [0.2, 0.25) is 0 Å². The van der Waals surface area contributed by atoms with Crippen LogP contribution in [0.4, 0.5) is 0 Å². The summed E-state index contributed by atoms with van der Waals surface area (Å²) >= 11 is 0. The van der Waals surface area contributed by atoms with Gasteiger partial charge >= 0.3 is 5.97 Å². The van der Waals surface area contributed by atoms with Gasteiger partial charge in [0.2, 0.25) is 0 Å². The number of hydrogen-bond donors (Lipinski definition) is 2. The van der Waals surface area contributed by atoms with E-state index in [1.165, 1.54) is 14.2 Å². The average molecular weight is 282 g/mol. The van der Waals surface area contributed by atoms with E-state index in [2.05, 4.69) is 0 Å². The standard InChI is InChI=1S/C15H22O5/c1-5-8-15(18,14(16)17)10(2)12-9-11(19-3)6-7-13(12)20-4/h6-7,9-10,18H,5,8H2,1-4H3,(H,16,17). The van der Waals surface area contributed by atoms with E-state index in [1.54, 1.807) is 25.1 Å². The number of carboxylic acid groups (broad SMARTS) is 1. The lowest BCUT2D eigenvalue weighted by atomic mass is 9.80. The Morgan fingerprint density at radius 2 is 2.00 bits per heavy atom. The maximum absolute atomic E-state index is 11.5. The molecule has 1 aromatic carbocycles. The largest absolute Gasteiger partial charge is 0.497 e. The number of methoxy groups -OCH3 is 2. The summed E-state index contributed by atoms with van der Waals surface area (Å²) < 4.78 is 10.4. The third-order valence-electron chi connectivity index (χ3n) is 3.62. The van der Waals surface area contributed by atoms with Gasteiger partial charge in [-0.3, -0.25) is 0 Å². The molecule has 0 saturated carbocycles. The van der Waals surface area contributed by atoms with Gasteiger partial charge in [0.1, 0.15) is 11.5 Å². The molecule has 5 heteroatoms.